The van der Waals surface area contributed by atoms with Gasteiger partial charge in [0.15, 0.2) is 5.82 Å². The summed E-state index contributed by atoms with van der Waals surface area (Å²) in [6, 6.07) is 4.05. The Balaban J connectivity index is 1.74. The third kappa shape index (κ3) is 2.72. The Bertz CT molecular complexity index is 938. The molecule has 0 amide bonds. The molecule has 0 bridgehead atoms. The Morgan fingerprint density at radius 2 is 2.32 bits per heavy atom. The number of aliphatic hydroxyl groups excluding tert-OH is 1. The fraction of sp³-hybridized carbons (Fsp3) is 0.412. The molecular weight excluding hydrogens is 318 g/mol. The van der Waals surface area contributed by atoms with Crippen molar-refractivity contribution in [1.82, 2.24) is 24.7 Å². The highest BCUT2D eigenvalue weighted by Crippen LogP contribution is 2.38. The van der Waals surface area contributed by atoms with Gasteiger partial charge >= 0.3 is 0 Å². The molecule has 3 aromatic heterocycles. The van der Waals surface area contributed by atoms with Gasteiger partial charge in [-0.05, 0) is 31.2 Å². The molecule has 3 aromatic rings. The fourth-order valence-corrected chi connectivity index (χ4v) is 3.76. The number of nitrogens with zero attached hydrogens (tertiary/aromatic N) is 5. The van der Waals surface area contributed by atoms with Crippen molar-refractivity contribution < 1.29 is 5.11 Å². The number of nitriles is 1. The molecule has 0 aliphatic heterocycles. The second-order valence-corrected chi connectivity index (χ2v) is 6.53. The second-order valence-electron chi connectivity index (χ2n) is 6.53. The highest BCUT2D eigenvalue weighted by atomic mass is 16.3. The summed E-state index contributed by atoms with van der Waals surface area (Å²) in [5.74, 6) is 0.599. The van der Waals surface area contributed by atoms with Crippen LogP contribution in [0, 0.1) is 17.2 Å². The van der Waals surface area contributed by atoms with Crippen LogP contribution >= 0.6 is 0 Å². The van der Waals surface area contributed by atoms with E-state index in [-0.39, 0.29) is 18.1 Å². The summed E-state index contributed by atoms with van der Waals surface area (Å²) in [6.45, 7) is 0. The largest absolute Gasteiger partial charge is 0.393 e. The number of nitrogen functional groups attached to an aromatic ring is 1. The van der Waals surface area contributed by atoms with Gasteiger partial charge in [0.25, 0.3) is 0 Å². The topological polar surface area (TPSA) is 129 Å². The molecule has 4 rings (SSSR count). The van der Waals surface area contributed by atoms with Crippen LogP contribution in [0.25, 0.3) is 22.3 Å². The zero-order valence-corrected chi connectivity index (χ0v) is 13.6. The van der Waals surface area contributed by atoms with Crippen molar-refractivity contribution in [3.63, 3.8) is 0 Å². The minimum Gasteiger partial charge on any atom is -0.393 e. The fourth-order valence-electron chi connectivity index (χ4n) is 3.76. The number of aliphatic hydroxyl groups is 1. The molecule has 0 radical (unpaired) electrons. The van der Waals surface area contributed by atoms with Crippen molar-refractivity contribution in [2.75, 3.05) is 5.73 Å². The van der Waals surface area contributed by atoms with E-state index in [0.29, 0.717) is 18.7 Å². The predicted octanol–water partition coefficient (Wildman–Crippen LogP) is 2.02. The minimum atomic E-state index is -0.292. The smallest absolute Gasteiger partial charge is 0.154 e. The molecule has 4 N–H and O–H groups in total. The van der Waals surface area contributed by atoms with E-state index in [1.165, 1.54) is 6.33 Å². The van der Waals surface area contributed by atoms with E-state index in [2.05, 4.69) is 26.1 Å². The number of hydrogen-bond donors (Lipinski definition) is 3. The molecule has 8 heteroatoms. The lowest BCUT2D eigenvalue weighted by atomic mass is 9.96. The summed E-state index contributed by atoms with van der Waals surface area (Å²) in [6.07, 6.45) is 7.55. The lowest BCUT2D eigenvalue weighted by Gasteiger charge is -2.21. The lowest BCUT2D eigenvalue weighted by Crippen LogP contribution is -2.18. The standard InChI is InChI=1S/C17H19N7O/c18-5-3-14(10-1-2-11(25)7-10)24-8-13(16(19)23-24)15-12-4-6-20-17(12)22-9-21-15/h4,6,8-11,14,25H,1-3,7H2,(H2,19,23)(H,20,21,22). The van der Waals surface area contributed by atoms with Crippen molar-refractivity contribution in [3.05, 3.63) is 24.8 Å². The lowest BCUT2D eigenvalue weighted by molar-refractivity contribution is 0.170. The number of hydrogen-bond acceptors (Lipinski definition) is 6. The van der Waals surface area contributed by atoms with Crippen LogP contribution in [0.3, 0.4) is 0 Å². The number of H-pyrrole nitrogens is 1. The highest BCUT2D eigenvalue weighted by Gasteiger charge is 2.32. The molecule has 128 valence electrons. The zero-order valence-electron chi connectivity index (χ0n) is 13.6. The summed E-state index contributed by atoms with van der Waals surface area (Å²) in [5, 5.41) is 24.4. The van der Waals surface area contributed by atoms with Gasteiger partial charge < -0.3 is 15.8 Å². The number of aromatic nitrogens is 5. The molecule has 1 saturated carbocycles. The Morgan fingerprint density at radius 1 is 1.44 bits per heavy atom. The van der Waals surface area contributed by atoms with Crippen LogP contribution in [0.4, 0.5) is 5.82 Å². The summed E-state index contributed by atoms with van der Waals surface area (Å²) in [4.78, 5) is 11.6. The Kier molecular flexibility index (Phi) is 3.86. The third-order valence-electron chi connectivity index (χ3n) is 5.00. The number of nitrogens with one attached hydrogen (secondary N) is 1. The number of fused-ring (bicyclic) bond motifs is 1. The van der Waals surface area contributed by atoms with Crippen LogP contribution in [0.2, 0.25) is 0 Å². The van der Waals surface area contributed by atoms with Crippen molar-refractivity contribution in [2.24, 2.45) is 5.92 Å². The first kappa shape index (κ1) is 15.6. The molecule has 8 nitrogen and oxygen atoms in total. The van der Waals surface area contributed by atoms with Crippen molar-refractivity contribution >= 4 is 16.9 Å². The maximum absolute atomic E-state index is 9.84. The van der Waals surface area contributed by atoms with Gasteiger partial charge in [-0.15, -0.1) is 0 Å². The van der Waals surface area contributed by atoms with Gasteiger partial charge in [-0.1, -0.05) is 0 Å². The van der Waals surface area contributed by atoms with Gasteiger partial charge in [0, 0.05) is 17.8 Å². The Labute approximate surface area is 144 Å². The summed E-state index contributed by atoms with van der Waals surface area (Å²) in [5.41, 5.74) is 8.35. The maximum atomic E-state index is 9.84. The number of aromatic amines is 1. The van der Waals surface area contributed by atoms with Crippen molar-refractivity contribution in [3.8, 4) is 17.3 Å². The molecule has 0 spiro atoms. The number of rotatable bonds is 4. The van der Waals surface area contributed by atoms with Crippen molar-refractivity contribution in [2.45, 2.75) is 37.8 Å². The van der Waals surface area contributed by atoms with E-state index < -0.39 is 0 Å². The predicted molar refractivity (Wildman–Crippen MR) is 92.1 cm³/mol. The molecule has 0 saturated heterocycles. The first-order chi connectivity index (χ1) is 12.2. The average molecular weight is 337 g/mol. The van der Waals surface area contributed by atoms with Gasteiger partial charge in [0.05, 0.1) is 35.9 Å². The normalized spacial score (nSPS) is 21.4. The molecule has 3 heterocycles. The second kappa shape index (κ2) is 6.18. The van der Waals surface area contributed by atoms with Crippen LogP contribution in [-0.2, 0) is 0 Å². The molecule has 0 aromatic carbocycles. The van der Waals surface area contributed by atoms with Crippen LogP contribution in [0.15, 0.2) is 24.8 Å². The SMILES string of the molecule is N#CCC(C1CCC(O)C1)n1cc(-c2ncnc3[nH]ccc23)c(N)n1. The molecular formula is C17H19N7O. The molecule has 1 aliphatic rings. The van der Waals surface area contributed by atoms with Crippen LogP contribution in [0.5, 0.6) is 0 Å². The third-order valence-corrected chi connectivity index (χ3v) is 5.00. The summed E-state index contributed by atoms with van der Waals surface area (Å²) >= 11 is 0. The average Bonchev–Trinajstić information content (AvgIpc) is 3.32. The Hall–Kier alpha value is -2.92. The van der Waals surface area contributed by atoms with Crippen LogP contribution < -0.4 is 5.73 Å². The van der Waals surface area contributed by atoms with Crippen molar-refractivity contribution in [1.29, 1.82) is 5.26 Å². The number of nitrogens with two attached hydrogens (primary N) is 1. The summed E-state index contributed by atoms with van der Waals surface area (Å²) < 4.78 is 1.77. The molecule has 25 heavy (non-hydrogen) atoms. The molecule has 1 aliphatic carbocycles. The van der Waals surface area contributed by atoms with Gasteiger partial charge in [-0.3, -0.25) is 4.68 Å². The van der Waals surface area contributed by atoms with E-state index in [9.17, 15) is 10.4 Å². The van der Waals surface area contributed by atoms with E-state index >= 15 is 0 Å². The molecule has 3 atom stereocenters. The molecule has 3 unspecified atom stereocenters. The van der Waals surface area contributed by atoms with Gasteiger partial charge in [0.1, 0.15) is 12.0 Å². The van der Waals surface area contributed by atoms with Gasteiger partial charge in [-0.2, -0.15) is 10.4 Å². The quantitative estimate of drug-likeness (QED) is 0.668. The van der Waals surface area contributed by atoms with E-state index in [1.807, 2.05) is 18.5 Å². The van der Waals surface area contributed by atoms with Crippen LogP contribution in [-0.4, -0.2) is 35.9 Å². The minimum absolute atomic E-state index is 0.0956. The first-order valence-electron chi connectivity index (χ1n) is 8.35. The van der Waals surface area contributed by atoms with Gasteiger partial charge in [-0.25, -0.2) is 9.97 Å². The van der Waals surface area contributed by atoms with Crippen LogP contribution in [0.1, 0.15) is 31.7 Å². The van der Waals surface area contributed by atoms with E-state index in [0.717, 1.165) is 35.1 Å². The van der Waals surface area contributed by atoms with Gasteiger partial charge in [0.2, 0.25) is 0 Å². The van der Waals surface area contributed by atoms with E-state index in [4.69, 9.17) is 5.73 Å². The van der Waals surface area contributed by atoms with E-state index in [1.54, 1.807) is 4.68 Å². The zero-order chi connectivity index (χ0) is 17.4. The monoisotopic (exact) mass is 337 g/mol. The maximum Gasteiger partial charge on any atom is 0.154 e. The number of anilines is 1. The Morgan fingerprint density at radius 3 is 3.08 bits per heavy atom. The molecule has 1 fully saturated rings. The highest BCUT2D eigenvalue weighted by molar-refractivity contribution is 5.92. The summed E-state index contributed by atoms with van der Waals surface area (Å²) in [7, 11) is 0. The first-order valence-corrected chi connectivity index (χ1v) is 8.35.